The zero-order chi connectivity index (χ0) is 23.7. The van der Waals surface area contributed by atoms with Gasteiger partial charge in [0.25, 0.3) is 5.91 Å². The van der Waals surface area contributed by atoms with E-state index in [9.17, 15) is 22.8 Å². The predicted octanol–water partition coefficient (Wildman–Crippen LogP) is 2.91. The van der Waals surface area contributed by atoms with Crippen LogP contribution in [0.25, 0.3) is 0 Å². The summed E-state index contributed by atoms with van der Waals surface area (Å²) in [5.41, 5.74) is -0.0802. The third kappa shape index (κ3) is 5.23. The van der Waals surface area contributed by atoms with E-state index in [1.54, 1.807) is 18.2 Å². The highest BCUT2D eigenvalue weighted by Crippen LogP contribution is 2.45. The quantitative estimate of drug-likeness (QED) is 0.535. The van der Waals surface area contributed by atoms with Gasteiger partial charge in [0.2, 0.25) is 15.9 Å². The second-order valence-electron chi connectivity index (χ2n) is 9.52. The average Bonchev–Trinajstić information content (AvgIpc) is 2.91. The van der Waals surface area contributed by atoms with Crippen LogP contribution < -0.4 is 15.4 Å². The molecular formula is C22H32N4O5S. The molecule has 3 N–H and O–H groups in total. The number of imide groups is 1. The summed E-state index contributed by atoms with van der Waals surface area (Å²) in [4.78, 5) is 39.1. The number of sulfonamides is 1. The zero-order valence-corrected chi connectivity index (χ0v) is 19.8. The lowest BCUT2D eigenvalue weighted by Crippen LogP contribution is -2.51. The number of anilines is 2. The average molecular weight is 465 g/mol. The molecule has 3 rings (SSSR count). The van der Waals surface area contributed by atoms with Gasteiger partial charge in [-0.3, -0.25) is 19.2 Å². The number of hydrogen-bond donors (Lipinski definition) is 3. The van der Waals surface area contributed by atoms with Crippen molar-refractivity contribution in [2.75, 3.05) is 22.8 Å². The van der Waals surface area contributed by atoms with Crippen molar-refractivity contribution in [3.05, 3.63) is 24.3 Å². The van der Waals surface area contributed by atoms with Crippen molar-refractivity contribution in [3.8, 4) is 0 Å². The van der Waals surface area contributed by atoms with Crippen LogP contribution in [0, 0.1) is 11.3 Å². The van der Waals surface area contributed by atoms with E-state index in [4.69, 9.17) is 0 Å². The molecule has 1 heterocycles. The number of hydrogen-bond acceptors (Lipinski definition) is 5. The molecule has 1 aliphatic carbocycles. The summed E-state index contributed by atoms with van der Waals surface area (Å²) >= 11 is 0. The van der Waals surface area contributed by atoms with Gasteiger partial charge in [0.15, 0.2) is 0 Å². The summed E-state index contributed by atoms with van der Waals surface area (Å²) in [6.07, 6.45) is 4.94. The van der Waals surface area contributed by atoms with Gasteiger partial charge >= 0.3 is 6.03 Å². The molecular weight excluding hydrogens is 432 g/mol. The van der Waals surface area contributed by atoms with Crippen LogP contribution >= 0.6 is 0 Å². The minimum atomic E-state index is -3.46. The maximum Gasteiger partial charge on any atom is 0.325 e. The Bertz CT molecular complexity index is 1010. The van der Waals surface area contributed by atoms with Gasteiger partial charge in [0.05, 0.1) is 11.9 Å². The highest BCUT2D eigenvalue weighted by Gasteiger charge is 2.53. The van der Waals surface area contributed by atoms with Crippen LogP contribution in [0.4, 0.5) is 16.2 Å². The van der Waals surface area contributed by atoms with Gasteiger partial charge in [0, 0.05) is 5.69 Å². The molecule has 1 aromatic carbocycles. The first-order valence-corrected chi connectivity index (χ1v) is 12.8. The van der Waals surface area contributed by atoms with E-state index in [0.29, 0.717) is 30.1 Å². The van der Waals surface area contributed by atoms with Gasteiger partial charge in [-0.05, 0) is 55.2 Å². The van der Waals surface area contributed by atoms with E-state index in [0.717, 1.165) is 30.4 Å². The van der Waals surface area contributed by atoms with E-state index in [1.165, 1.54) is 6.07 Å². The van der Waals surface area contributed by atoms with Gasteiger partial charge in [0.1, 0.15) is 12.1 Å². The van der Waals surface area contributed by atoms with Gasteiger partial charge in [-0.2, -0.15) is 0 Å². The number of amides is 4. The van der Waals surface area contributed by atoms with E-state index in [-0.39, 0.29) is 11.3 Å². The van der Waals surface area contributed by atoms with Crippen LogP contribution in [-0.4, -0.2) is 49.5 Å². The summed E-state index contributed by atoms with van der Waals surface area (Å²) in [5, 5.41) is 5.46. The summed E-state index contributed by atoms with van der Waals surface area (Å²) in [7, 11) is -3.46. The third-order valence-electron chi connectivity index (χ3n) is 6.85. The van der Waals surface area contributed by atoms with Gasteiger partial charge in [-0.15, -0.1) is 0 Å². The number of nitrogens with zero attached hydrogens (tertiary/aromatic N) is 1. The summed E-state index contributed by atoms with van der Waals surface area (Å²) in [5.74, 6) is -0.395. The molecule has 10 heteroatoms. The van der Waals surface area contributed by atoms with E-state index in [1.807, 2.05) is 0 Å². The van der Waals surface area contributed by atoms with E-state index >= 15 is 0 Å². The number of rotatable bonds is 7. The molecule has 1 aromatic rings. The van der Waals surface area contributed by atoms with Gasteiger partial charge in [-0.1, -0.05) is 33.3 Å². The number of urea groups is 1. The first-order chi connectivity index (χ1) is 14.8. The van der Waals surface area contributed by atoms with Gasteiger partial charge in [-0.25, -0.2) is 13.2 Å². The maximum atomic E-state index is 13.1. The molecule has 2 aliphatic rings. The Hall–Kier alpha value is -2.62. The lowest BCUT2D eigenvalue weighted by Gasteiger charge is -2.42. The smallest absolute Gasteiger partial charge is 0.324 e. The van der Waals surface area contributed by atoms with Gasteiger partial charge < -0.3 is 10.6 Å². The minimum absolute atomic E-state index is 0.188. The monoisotopic (exact) mass is 464 g/mol. The Kier molecular flexibility index (Phi) is 6.55. The Morgan fingerprint density at radius 1 is 1.22 bits per heavy atom. The highest BCUT2D eigenvalue weighted by molar-refractivity contribution is 7.92. The fraction of sp³-hybridized carbons (Fsp3) is 0.591. The molecule has 1 spiro atoms. The SMILES string of the molecule is CCC(C)(C)C1CCC2(CC1)NC(=O)N(CC(=O)Nc1cccc(NS(C)(=O)=O)c1)C2=O. The largest absolute Gasteiger partial charge is 0.325 e. The topological polar surface area (TPSA) is 125 Å². The molecule has 1 saturated carbocycles. The fourth-order valence-electron chi connectivity index (χ4n) is 4.56. The number of nitrogens with one attached hydrogen (secondary N) is 3. The lowest BCUT2D eigenvalue weighted by atomic mass is 9.65. The standard InChI is InChI=1S/C22H32N4O5S/c1-5-21(2,3)15-9-11-22(12-10-15)19(28)26(20(29)24-22)14-18(27)23-16-7-6-8-17(13-16)25-32(4,30)31/h6-8,13,15,25H,5,9-12,14H2,1-4H3,(H,23,27)(H,24,29). The molecule has 0 bridgehead atoms. The molecule has 32 heavy (non-hydrogen) atoms. The summed E-state index contributed by atoms with van der Waals surface area (Å²) in [6.45, 7) is 6.24. The number of benzene rings is 1. The zero-order valence-electron chi connectivity index (χ0n) is 19.0. The first-order valence-electron chi connectivity index (χ1n) is 10.9. The second kappa shape index (κ2) is 8.73. The molecule has 2 fully saturated rings. The second-order valence-corrected chi connectivity index (χ2v) is 11.3. The predicted molar refractivity (Wildman–Crippen MR) is 123 cm³/mol. The van der Waals surface area contributed by atoms with Crippen LogP contribution in [0.2, 0.25) is 0 Å². The van der Waals surface area contributed by atoms with Crippen molar-refractivity contribution >= 4 is 39.2 Å². The molecule has 0 aromatic heterocycles. The maximum absolute atomic E-state index is 13.1. The fourth-order valence-corrected chi connectivity index (χ4v) is 5.11. The number of carbonyl (C=O) groups excluding carboxylic acids is 3. The first kappa shape index (κ1) is 24.0. The molecule has 1 saturated heterocycles. The van der Waals surface area contributed by atoms with Crippen molar-refractivity contribution in [2.45, 2.75) is 58.4 Å². The summed E-state index contributed by atoms with van der Waals surface area (Å²) < 4.78 is 25.1. The minimum Gasteiger partial charge on any atom is -0.324 e. The Morgan fingerprint density at radius 2 is 1.84 bits per heavy atom. The van der Waals surface area contributed by atoms with E-state index < -0.39 is 34.0 Å². The van der Waals surface area contributed by atoms with Crippen LogP contribution in [-0.2, 0) is 19.6 Å². The van der Waals surface area contributed by atoms with Crippen LogP contribution in [0.5, 0.6) is 0 Å². The Morgan fingerprint density at radius 3 is 2.44 bits per heavy atom. The van der Waals surface area contributed by atoms with Crippen LogP contribution in [0.3, 0.4) is 0 Å². The van der Waals surface area contributed by atoms with Crippen LogP contribution in [0.15, 0.2) is 24.3 Å². The van der Waals surface area contributed by atoms with Crippen molar-refractivity contribution in [1.29, 1.82) is 0 Å². The molecule has 176 valence electrons. The number of carbonyl (C=O) groups is 3. The normalized spacial score (nSPS) is 23.9. The van der Waals surface area contributed by atoms with E-state index in [2.05, 4.69) is 36.1 Å². The lowest BCUT2D eigenvalue weighted by molar-refractivity contribution is -0.135. The third-order valence-corrected chi connectivity index (χ3v) is 7.46. The molecule has 0 radical (unpaired) electrons. The Balaban J connectivity index is 1.63. The van der Waals surface area contributed by atoms with Crippen molar-refractivity contribution in [1.82, 2.24) is 10.2 Å². The molecule has 9 nitrogen and oxygen atoms in total. The molecule has 1 aliphatic heterocycles. The molecule has 0 atom stereocenters. The Labute approximate surface area is 189 Å². The molecule has 4 amide bonds. The van der Waals surface area contributed by atoms with Crippen molar-refractivity contribution in [2.24, 2.45) is 11.3 Å². The summed E-state index contributed by atoms with van der Waals surface area (Å²) in [6, 6.07) is 5.64. The molecule has 0 unspecified atom stereocenters. The highest BCUT2D eigenvalue weighted by atomic mass is 32.2. The van der Waals surface area contributed by atoms with Crippen molar-refractivity contribution < 1.29 is 22.8 Å². The van der Waals surface area contributed by atoms with Crippen LogP contribution in [0.1, 0.15) is 52.9 Å². The van der Waals surface area contributed by atoms with Crippen molar-refractivity contribution in [3.63, 3.8) is 0 Å².